The van der Waals surface area contributed by atoms with Gasteiger partial charge in [-0.1, -0.05) is 12.1 Å². The summed E-state index contributed by atoms with van der Waals surface area (Å²) in [6, 6.07) is 11.0. The molecule has 0 radical (unpaired) electrons. The van der Waals surface area contributed by atoms with Crippen molar-refractivity contribution in [3.05, 3.63) is 50.1 Å². The maximum atomic E-state index is 5.40. The van der Waals surface area contributed by atoms with Gasteiger partial charge in [-0.25, -0.2) is 0 Å². The fraction of sp³-hybridized carbons (Fsp3) is 0.333. The van der Waals surface area contributed by atoms with Gasteiger partial charge in [-0.3, -0.25) is 0 Å². The van der Waals surface area contributed by atoms with Crippen LogP contribution in [0.4, 0.5) is 0 Å². The summed E-state index contributed by atoms with van der Waals surface area (Å²) in [7, 11) is 3.72. The second-order valence-electron chi connectivity index (χ2n) is 4.48. The van der Waals surface area contributed by atoms with E-state index in [4.69, 9.17) is 4.74 Å². The summed E-state index contributed by atoms with van der Waals surface area (Å²) in [5, 5.41) is 3.38. The Hall–Kier alpha value is -0.840. The summed E-state index contributed by atoms with van der Waals surface area (Å²) >= 11 is 5.30. The molecule has 1 aromatic heterocycles. The molecular weight excluding hydrogens is 322 g/mol. The highest BCUT2D eigenvalue weighted by molar-refractivity contribution is 9.11. The molecule has 1 atom stereocenters. The number of rotatable bonds is 5. The molecule has 0 saturated heterocycles. The predicted octanol–water partition coefficient (Wildman–Crippen LogP) is 4.33. The van der Waals surface area contributed by atoms with E-state index in [-0.39, 0.29) is 0 Å². The van der Waals surface area contributed by atoms with Crippen LogP contribution in [0.5, 0.6) is 5.75 Å². The van der Waals surface area contributed by atoms with Gasteiger partial charge in [-0.05, 0) is 59.2 Å². The lowest BCUT2D eigenvalue weighted by Crippen LogP contribution is -2.18. The first-order valence-corrected chi connectivity index (χ1v) is 7.81. The maximum absolute atomic E-state index is 5.40. The van der Waals surface area contributed by atoms with Crippen molar-refractivity contribution >= 4 is 27.3 Å². The topological polar surface area (TPSA) is 21.3 Å². The van der Waals surface area contributed by atoms with E-state index in [0.717, 1.165) is 12.2 Å². The Balaban J connectivity index is 2.21. The van der Waals surface area contributed by atoms with E-state index < -0.39 is 0 Å². The van der Waals surface area contributed by atoms with Crippen LogP contribution in [0.2, 0.25) is 0 Å². The third-order valence-corrected chi connectivity index (χ3v) is 4.86. The van der Waals surface area contributed by atoms with Gasteiger partial charge in [0.15, 0.2) is 0 Å². The average molecular weight is 340 g/mol. The maximum Gasteiger partial charge on any atom is 0.122 e. The number of halogens is 1. The molecule has 0 aliphatic rings. The van der Waals surface area contributed by atoms with Crippen molar-refractivity contribution in [3.63, 3.8) is 0 Å². The largest absolute Gasteiger partial charge is 0.496 e. The molecule has 1 heterocycles. The van der Waals surface area contributed by atoms with Gasteiger partial charge in [-0.15, -0.1) is 11.3 Å². The normalized spacial score (nSPS) is 12.4. The molecule has 0 aliphatic heterocycles. The second kappa shape index (κ2) is 6.55. The van der Waals surface area contributed by atoms with Crippen LogP contribution in [0.3, 0.4) is 0 Å². The summed E-state index contributed by atoms with van der Waals surface area (Å²) in [5.41, 5.74) is 2.43. The van der Waals surface area contributed by atoms with Crippen molar-refractivity contribution in [1.29, 1.82) is 0 Å². The van der Waals surface area contributed by atoms with Crippen LogP contribution in [0, 0.1) is 6.92 Å². The Bertz CT molecular complexity index is 553. The first-order valence-electron chi connectivity index (χ1n) is 6.20. The van der Waals surface area contributed by atoms with Gasteiger partial charge in [0.1, 0.15) is 5.75 Å². The van der Waals surface area contributed by atoms with Crippen LogP contribution in [-0.2, 0) is 6.42 Å². The van der Waals surface area contributed by atoms with Crippen LogP contribution in [-0.4, -0.2) is 14.2 Å². The predicted molar refractivity (Wildman–Crippen MR) is 85.3 cm³/mol. The number of thiophene rings is 1. The van der Waals surface area contributed by atoms with Crippen molar-refractivity contribution in [2.45, 2.75) is 19.4 Å². The Morgan fingerprint density at radius 3 is 2.68 bits per heavy atom. The first-order chi connectivity index (χ1) is 9.13. The summed E-state index contributed by atoms with van der Waals surface area (Å²) in [5.74, 6) is 0.949. The lowest BCUT2D eigenvalue weighted by Gasteiger charge is -2.17. The molecule has 2 aromatic rings. The molecule has 2 nitrogen and oxygen atoms in total. The van der Waals surface area contributed by atoms with E-state index >= 15 is 0 Å². The summed E-state index contributed by atoms with van der Waals surface area (Å²) in [4.78, 5) is 1.37. The standard InChI is InChI=1S/C15H18BrNOS/c1-10-4-5-11(8-14(10)18-3)13(17-2)9-12-6-7-15(16)19-12/h4-8,13,17H,9H2,1-3H3. The molecule has 0 saturated carbocycles. The van der Waals surface area contributed by atoms with Crippen LogP contribution in [0.25, 0.3) is 0 Å². The molecule has 0 amide bonds. The number of ether oxygens (including phenoxy) is 1. The lowest BCUT2D eigenvalue weighted by molar-refractivity contribution is 0.410. The zero-order chi connectivity index (χ0) is 13.8. The van der Waals surface area contributed by atoms with E-state index in [1.54, 1.807) is 18.4 Å². The molecule has 0 bridgehead atoms. The van der Waals surface area contributed by atoms with Gasteiger partial charge in [0.25, 0.3) is 0 Å². The Kier molecular flexibility index (Phi) is 5.02. The quantitative estimate of drug-likeness (QED) is 0.875. The number of nitrogens with one attached hydrogen (secondary N) is 1. The highest BCUT2D eigenvalue weighted by Crippen LogP contribution is 2.29. The molecule has 0 fully saturated rings. The SMILES string of the molecule is CNC(Cc1ccc(Br)s1)c1ccc(C)c(OC)c1. The smallest absolute Gasteiger partial charge is 0.122 e. The summed E-state index contributed by atoms with van der Waals surface area (Å²) in [6.07, 6.45) is 0.985. The van der Waals surface area contributed by atoms with Gasteiger partial charge < -0.3 is 10.1 Å². The van der Waals surface area contributed by atoms with Gasteiger partial charge in [0.05, 0.1) is 10.9 Å². The highest BCUT2D eigenvalue weighted by Gasteiger charge is 2.13. The molecule has 4 heteroatoms. The highest BCUT2D eigenvalue weighted by atomic mass is 79.9. The minimum atomic E-state index is 0.306. The van der Waals surface area contributed by atoms with Crippen molar-refractivity contribution in [3.8, 4) is 5.75 Å². The summed E-state index contributed by atoms with van der Waals surface area (Å²) in [6.45, 7) is 2.06. The molecule has 1 aromatic carbocycles. The third-order valence-electron chi connectivity index (χ3n) is 3.22. The molecule has 2 rings (SSSR count). The van der Waals surface area contributed by atoms with E-state index in [1.165, 1.54) is 19.8 Å². The molecule has 0 aliphatic carbocycles. The van der Waals surface area contributed by atoms with Gasteiger partial charge in [-0.2, -0.15) is 0 Å². The fourth-order valence-corrected chi connectivity index (χ4v) is 3.63. The van der Waals surface area contributed by atoms with Crippen LogP contribution >= 0.6 is 27.3 Å². The van der Waals surface area contributed by atoms with Crippen molar-refractivity contribution in [1.82, 2.24) is 5.32 Å². The zero-order valence-electron chi connectivity index (χ0n) is 11.4. The van der Waals surface area contributed by atoms with Gasteiger partial charge >= 0.3 is 0 Å². The van der Waals surface area contributed by atoms with Crippen molar-refractivity contribution in [2.75, 3.05) is 14.2 Å². The number of benzene rings is 1. The molecule has 1 unspecified atom stereocenters. The molecule has 1 N–H and O–H groups in total. The fourth-order valence-electron chi connectivity index (χ4n) is 2.10. The second-order valence-corrected chi connectivity index (χ2v) is 7.03. The number of likely N-dealkylation sites (N-methyl/N-ethyl adjacent to an activating group) is 1. The van der Waals surface area contributed by atoms with E-state index in [2.05, 4.69) is 58.5 Å². The Morgan fingerprint density at radius 1 is 1.32 bits per heavy atom. The number of hydrogen-bond acceptors (Lipinski definition) is 3. The lowest BCUT2D eigenvalue weighted by atomic mass is 10.0. The minimum Gasteiger partial charge on any atom is -0.496 e. The van der Waals surface area contributed by atoms with Crippen molar-refractivity contribution in [2.24, 2.45) is 0 Å². The molecule has 0 spiro atoms. The Morgan fingerprint density at radius 2 is 2.11 bits per heavy atom. The monoisotopic (exact) mass is 339 g/mol. The number of hydrogen-bond donors (Lipinski definition) is 1. The van der Waals surface area contributed by atoms with Crippen LogP contribution < -0.4 is 10.1 Å². The van der Waals surface area contributed by atoms with Crippen molar-refractivity contribution < 1.29 is 4.74 Å². The number of methoxy groups -OCH3 is 1. The molecule has 102 valence electrons. The van der Waals surface area contributed by atoms with Gasteiger partial charge in [0, 0.05) is 17.3 Å². The van der Waals surface area contributed by atoms with E-state index in [9.17, 15) is 0 Å². The van der Waals surface area contributed by atoms with E-state index in [1.807, 2.05) is 7.05 Å². The first kappa shape index (κ1) is 14.6. The van der Waals surface area contributed by atoms with Crippen LogP contribution in [0.1, 0.15) is 22.0 Å². The summed E-state index contributed by atoms with van der Waals surface area (Å²) < 4.78 is 6.58. The van der Waals surface area contributed by atoms with Gasteiger partial charge in [0.2, 0.25) is 0 Å². The Labute approximate surface area is 126 Å². The average Bonchev–Trinajstić information content (AvgIpc) is 2.82. The van der Waals surface area contributed by atoms with Crippen LogP contribution in [0.15, 0.2) is 34.1 Å². The molecular formula is C15H18BrNOS. The zero-order valence-corrected chi connectivity index (χ0v) is 13.8. The number of aryl methyl sites for hydroxylation is 1. The molecule has 19 heavy (non-hydrogen) atoms. The third kappa shape index (κ3) is 3.59. The minimum absolute atomic E-state index is 0.306. The van der Waals surface area contributed by atoms with E-state index in [0.29, 0.717) is 6.04 Å².